The number of nitrogens with zero attached hydrogens (tertiary/aromatic N) is 2. The van der Waals surface area contributed by atoms with Gasteiger partial charge in [0.2, 0.25) is 11.8 Å². The SMILES string of the molecule is C=C[C@@H]1C[C@]1(NC(=O)[C@@H]1C[C@@H](Oc2ccc(C)cn2)CN1C(=O)OC(C)(C)C)C(=O)NS(=O)(=O)c1ccccc1NCCCCCCC[C@H](NC(=O)OC1CCCC1)C(=O)O. The van der Waals surface area contributed by atoms with E-state index < -0.39 is 75.2 Å². The van der Waals surface area contributed by atoms with Crippen molar-refractivity contribution in [2.75, 3.05) is 18.4 Å². The van der Waals surface area contributed by atoms with Gasteiger partial charge in [-0.2, -0.15) is 0 Å². The molecule has 1 saturated heterocycles. The molecule has 1 aromatic heterocycles. The van der Waals surface area contributed by atoms with Gasteiger partial charge in [0.1, 0.15) is 40.3 Å². The molecule has 61 heavy (non-hydrogen) atoms. The zero-order valence-electron chi connectivity index (χ0n) is 35.4. The monoisotopic (exact) mass is 868 g/mol. The number of carboxylic acids is 1. The predicted molar refractivity (Wildman–Crippen MR) is 225 cm³/mol. The molecular weight excluding hydrogens is 809 g/mol. The Morgan fingerprint density at radius 3 is 2.38 bits per heavy atom. The van der Waals surface area contributed by atoms with Crippen LogP contribution in [0.4, 0.5) is 15.3 Å². The normalized spacial score (nSPS) is 21.8. The minimum Gasteiger partial charge on any atom is -0.480 e. The van der Waals surface area contributed by atoms with Gasteiger partial charge in [-0.15, -0.1) is 6.58 Å². The van der Waals surface area contributed by atoms with Gasteiger partial charge in [0, 0.05) is 31.1 Å². The van der Waals surface area contributed by atoms with Crippen molar-refractivity contribution < 1.29 is 51.7 Å². The Labute approximate surface area is 357 Å². The zero-order valence-corrected chi connectivity index (χ0v) is 36.3. The molecule has 2 aromatic rings. The van der Waals surface area contributed by atoms with Gasteiger partial charge in [0.05, 0.1) is 12.2 Å². The lowest BCUT2D eigenvalue weighted by atomic mass is 10.1. The molecule has 2 aliphatic carbocycles. The van der Waals surface area contributed by atoms with E-state index in [4.69, 9.17) is 14.2 Å². The number of aromatic nitrogens is 1. The molecule has 1 aliphatic heterocycles. The van der Waals surface area contributed by atoms with Gasteiger partial charge in [0.25, 0.3) is 15.9 Å². The van der Waals surface area contributed by atoms with Crippen LogP contribution in [0.25, 0.3) is 0 Å². The Morgan fingerprint density at radius 2 is 1.72 bits per heavy atom. The quantitative estimate of drug-likeness (QED) is 0.0809. The first kappa shape index (κ1) is 46.7. The molecule has 0 unspecified atom stereocenters. The Bertz CT molecular complexity index is 2000. The molecule has 0 bridgehead atoms. The number of alkyl carbamates (subject to hydrolysis) is 1. The summed E-state index contributed by atoms with van der Waals surface area (Å²) < 4.78 is 46.7. The third-order valence-corrected chi connectivity index (χ3v) is 12.4. The number of pyridine rings is 1. The molecule has 0 spiro atoms. The topological polar surface area (TPSA) is 232 Å². The highest BCUT2D eigenvalue weighted by atomic mass is 32.2. The van der Waals surface area contributed by atoms with Gasteiger partial charge in [-0.25, -0.2) is 32.5 Å². The number of benzene rings is 1. The number of para-hydroxylation sites is 1. The lowest BCUT2D eigenvalue weighted by molar-refractivity contribution is -0.139. The van der Waals surface area contributed by atoms with E-state index in [0.717, 1.165) is 50.5 Å². The molecule has 334 valence electrons. The molecule has 3 fully saturated rings. The van der Waals surface area contributed by atoms with E-state index in [1.54, 1.807) is 45.2 Å². The van der Waals surface area contributed by atoms with Crippen molar-refractivity contribution in [3.63, 3.8) is 0 Å². The molecule has 5 atom stereocenters. The largest absolute Gasteiger partial charge is 0.480 e. The van der Waals surface area contributed by atoms with Crippen LogP contribution in [-0.4, -0.2) is 102 Å². The van der Waals surface area contributed by atoms with Crippen molar-refractivity contribution in [3.8, 4) is 5.88 Å². The Balaban J connectivity index is 1.13. The number of rotatable bonds is 20. The molecule has 1 aromatic carbocycles. The van der Waals surface area contributed by atoms with Crippen molar-refractivity contribution in [2.24, 2.45) is 5.92 Å². The standard InChI is InChI=1S/C43H60N6O11S/c1-6-29-25-43(29,47-37(50)34-24-31(58-36-22-21-28(2)26-45-36)27-49(34)41(55)60-42(3,4)5)39(53)48-61(56,57)35-20-14-13-18-32(35)44-23-15-9-7-8-10-19-33(38(51)52)46-40(54)59-30-16-11-12-17-30/h6,13-14,18,20-22,26,29-31,33-34,44H,1,7-12,15-17,19,23-25,27H2,2-5H3,(H,46,54)(H,47,50)(H,48,53)(H,51,52)/t29-,31-,33+,34+,43-/m1/s1. The zero-order chi connectivity index (χ0) is 44.4. The first-order valence-corrected chi connectivity index (χ1v) is 22.5. The van der Waals surface area contributed by atoms with E-state index in [1.807, 2.05) is 13.0 Å². The van der Waals surface area contributed by atoms with E-state index in [2.05, 4.69) is 32.2 Å². The number of ether oxygens (including phenoxy) is 3. The molecule has 2 heterocycles. The van der Waals surface area contributed by atoms with E-state index in [9.17, 15) is 37.5 Å². The molecule has 18 heteroatoms. The minimum atomic E-state index is -4.44. The number of nitrogens with one attached hydrogen (secondary N) is 4. The summed E-state index contributed by atoms with van der Waals surface area (Å²) in [7, 11) is -4.44. The number of hydrogen-bond donors (Lipinski definition) is 5. The highest BCUT2D eigenvalue weighted by Crippen LogP contribution is 2.45. The van der Waals surface area contributed by atoms with Crippen LogP contribution in [-0.2, 0) is 33.9 Å². The van der Waals surface area contributed by atoms with Crippen molar-refractivity contribution in [1.82, 2.24) is 25.2 Å². The summed E-state index contributed by atoms with van der Waals surface area (Å²) in [6.07, 6.45) is 8.49. The fourth-order valence-electron chi connectivity index (χ4n) is 7.62. The molecule has 4 amide bonds. The predicted octanol–water partition coefficient (Wildman–Crippen LogP) is 5.59. The van der Waals surface area contributed by atoms with Crippen LogP contribution in [0.5, 0.6) is 5.88 Å². The van der Waals surface area contributed by atoms with Crippen LogP contribution in [0.1, 0.15) is 103 Å². The maximum absolute atomic E-state index is 14.0. The molecule has 5 rings (SSSR count). The van der Waals surface area contributed by atoms with Crippen molar-refractivity contribution >= 4 is 45.7 Å². The Kier molecular flexibility index (Phi) is 15.6. The van der Waals surface area contributed by atoms with Crippen LogP contribution in [0.3, 0.4) is 0 Å². The first-order chi connectivity index (χ1) is 28.9. The van der Waals surface area contributed by atoms with E-state index in [-0.39, 0.29) is 42.5 Å². The first-order valence-electron chi connectivity index (χ1n) is 21.0. The van der Waals surface area contributed by atoms with Gasteiger partial charge in [-0.05, 0) is 90.3 Å². The third-order valence-electron chi connectivity index (χ3n) is 11.0. The number of carbonyl (C=O) groups is 5. The number of amides is 4. The summed E-state index contributed by atoms with van der Waals surface area (Å²) in [6.45, 7) is 11.2. The second-order valence-electron chi connectivity index (χ2n) is 17.1. The number of aliphatic carboxylic acids is 1. The van der Waals surface area contributed by atoms with E-state index in [1.165, 1.54) is 23.1 Å². The number of unbranched alkanes of at least 4 members (excludes halogenated alkanes) is 4. The van der Waals surface area contributed by atoms with Crippen molar-refractivity contribution in [1.29, 1.82) is 0 Å². The van der Waals surface area contributed by atoms with Gasteiger partial charge >= 0.3 is 18.2 Å². The molecule has 0 radical (unpaired) electrons. The summed E-state index contributed by atoms with van der Waals surface area (Å²) in [5.41, 5.74) is -1.28. The fourth-order valence-corrected chi connectivity index (χ4v) is 8.84. The van der Waals surface area contributed by atoms with Crippen molar-refractivity contribution in [2.45, 2.75) is 145 Å². The van der Waals surface area contributed by atoms with E-state index in [0.29, 0.717) is 25.3 Å². The number of carboxylic acid groups (broad SMARTS) is 1. The molecular formula is C43H60N6O11S. The maximum atomic E-state index is 14.0. The lowest BCUT2D eigenvalue weighted by Crippen LogP contribution is -2.56. The maximum Gasteiger partial charge on any atom is 0.411 e. The van der Waals surface area contributed by atoms with Crippen LogP contribution in [0.2, 0.25) is 0 Å². The molecule has 2 saturated carbocycles. The van der Waals surface area contributed by atoms with Gasteiger partial charge < -0.3 is 35.3 Å². The van der Waals surface area contributed by atoms with Gasteiger partial charge in [0.15, 0.2) is 0 Å². The number of anilines is 1. The Hall–Kier alpha value is -5.39. The number of carbonyl (C=O) groups excluding carboxylic acids is 4. The summed E-state index contributed by atoms with van der Waals surface area (Å²) >= 11 is 0. The second-order valence-corrected chi connectivity index (χ2v) is 18.7. The lowest BCUT2D eigenvalue weighted by Gasteiger charge is -2.29. The van der Waals surface area contributed by atoms with Crippen LogP contribution < -0.4 is 25.4 Å². The summed E-state index contributed by atoms with van der Waals surface area (Å²) in [5, 5.41) is 17.9. The van der Waals surface area contributed by atoms with Crippen LogP contribution in [0.15, 0.2) is 60.1 Å². The number of likely N-dealkylation sites (tertiary alicyclic amines) is 1. The van der Waals surface area contributed by atoms with E-state index >= 15 is 0 Å². The summed E-state index contributed by atoms with van der Waals surface area (Å²) in [5.74, 6) is -2.99. The summed E-state index contributed by atoms with van der Waals surface area (Å²) in [4.78, 5) is 70.4. The van der Waals surface area contributed by atoms with Gasteiger partial charge in [-0.3, -0.25) is 14.5 Å². The highest BCUT2D eigenvalue weighted by molar-refractivity contribution is 7.90. The van der Waals surface area contributed by atoms with Crippen LogP contribution >= 0.6 is 0 Å². The fraction of sp³-hybridized carbons (Fsp3) is 0.581. The number of aryl methyl sites for hydroxylation is 1. The second kappa shape index (κ2) is 20.4. The van der Waals surface area contributed by atoms with Gasteiger partial charge in [-0.1, -0.05) is 50.0 Å². The van der Waals surface area contributed by atoms with Crippen LogP contribution in [0, 0.1) is 12.8 Å². The summed E-state index contributed by atoms with van der Waals surface area (Å²) in [6, 6.07) is 7.56. The molecule has 3 aliphatic rings. The Morgan fingerprint density at radius 1 is 1.02 bits per heavy atom. The number of sulfonamides is 1. The third kappa shape index (κ3) is 13.1. The smallest absolute Gasteiger partial charge is 0.411 e. The average molecular weight is 869 g/mol. The molecule has 5 N–H and O–H groups in total. The molecule has 17 nitrogen and oxygen atoms in total. The average Bonchev–Trinajstić information content (AvgIpc) is 3.45. The minimum absolute atomic E-state index is 0.00931. The highest BCUT2D eigenvalue weighted by Gasteiger charge is 2.61. The van der Waals surface area contributed by atoms with Crippen molar-refractivity contribution in [3.05, 3.63) is 60.8 Å². The number of hydrogen-bond acceptors (Lipinski definition) is 12.